The molecule has 1 N–H and O–H groups in total. The average molecular weight is 257 g/mol. The molecule has 2 rings (SSSR count). The number of benzene rings is 1. The number of nitrogens with zero attached hydrogens (tertiary/aromatic N) is 2. The fourth-order valence-corrected chi connectivity index (χ4v) is 1.68. The number of nitro groups is 1. The molecule has 0 aliphatic carbocycles. The van der Waals surface area contributed by atoms with E-state index in [0.717, 1.165) is 0 Å². The first-order valence-electron chi connectivity index (χ1n) is 5.56. The van der Waals surface area contributed by atoms with Crippen LogP contribution in [0, 0.1) is 10.1 Å². The molecule has 0 saturated heterocycles. The molecule has 0 radical (unpaired) electrons. The first-order valence-corrected chi connectivity index (χ1v) is 5.56. The molecule has 1 amide bonds. The summed E-state index contributed by atoms with van der Waals surface area (Å²) in [5.74, 6) is -0.464. The van der Waals surface area contributed by atoms with Crippen LogP contribution in [0.5, 0.6) is 0 Å². The lowest BCUT2D eigenvalue weighted by Crippen LogP contribution is -2.24. The van der Waals surface area contributed by atoms with Gasteiger partial charge in [0.2, 0.25) is 0 Å². The van der Waals surface area contributed by atoms with Crippen molar-refractivity contribution in [2.45, 2.75) is 0 Å². The van der Waals surface area contributed by atoms with Crippen LogP contribution < -0.4 is 5.32 Å². The van der Waals surface area contributed by atoms with E-state index in [1.807, 2.05) is 0 Å². The molecule has 6 heteroatoms. The Hall–Kier alpha value is -2.76. The minimum Gasteiger partial charge on any atom is -0.347 e. The Balaban J connectivity index is 2.55. The molecular weight excluding hydrogens is 246 g/mol. The quantitative estimate of drug-likeness (QED) is 0.516. The number of carbonyl (C=O) groups excluding carboxylic acids is 1. The van der Waals surface area contributed by atoms with Gasteiger partial charge in [-0.1, -0.05) is 18.2 Å². The van der Waals surface area contributed by atoms with Crippen LogP contribution >= 0.6 is 0 Å². The summed E-state index contributed by atoms with van der Waals surface area (Å²) in [6.07, 6.45) is 1.52. The number of rotatable bonds is 4. The Morgan fingerprint density at radius 2 is 2.21 bits per heavy atom. The van der Waals surface area contributed by atoms with Crippen molar-refractivity contribution < 1.29 is 9.72 Å². The van der Waals surface area contributed by atoms with Gasteiger partial charge in [-0.15, -0.1) is 6.58 Å². The lowest BCUT2D eigenvalue weighted by Gasteiger charge is -2.04. The topological polar surface area (TPSA) is 85.1 Å². The van der Waals surface area contributed by atoms with E-state index in [2.05, 4.69) is 16.9 Å². The standard InChI is InChI=1S/C13H11N3O3/c1-2-7-14-13(17)11-8-12(16(18)19)9-5-3-4-6-10(9)15-11/h2-6,8H,1,7H2,(H,14,17). The number of hydrogen-bond acceptors (Lipinski definition) is 4. The summed E-state index contributed by atoms with van der Waals surface area (Å²) in [5.41, 5.74) is 0.307. The van der Waals surface area contributed by atoms with Crippen molar-refractivity contribution >= 4 is 22.5 Å². The van der Waals surface area contributed by atoms with Crippen LogP contribution in [0.3, 0.4) is 0 Å². The molecule has 96 valence electrons. The summed E-state index contributed by atoms with van der Waals surface area (Å²) in [6.45, 7) is 3.76. The second-order valence-electron chi connectivity index (χ2n) is 3.80. The zero-order valence-corrected chi connectivity index (χ0v) is 10.00. The predicted molar refractivity (Wildman–Crippen MR) is 70.9 cm³/mol. The van der Waals surface area contributed by atoms with Gasteiger partial charge in [0.1, 0.15) is 5.69 Å². The van der Waals surface area contributed by atoms with E-state index in [-0.39, 0.29) is 17.9 Å². The Labute approximate surface area is 108 Å². The number of carbonyl (C=O) groups is 1. The molecule has 0 spiro atoms. The Morgan fingerprint density at radius 1 is 1.47 bits per heavy atom. The number of fused-ring (bicyclic) bond motifs is 1. The van der Waals surface area contributed by atoms with Gasteiger partial charge in [-0.05, 0) is 12.1 Å². The smallest absolute Gasteiger partial charge is 0.281 e. The van der Waals surface area contributed by atoms with E-state index in [1.165, 1.54) is 12.1 Å². The molecule has 1 aromatic carbocycles. The molecule has 0 saturated carbocycles. The molecule has 0 aliphatic rings. The second-order valence-corrected chi connectivity index (χ2v) is 3.80. The van der Waals surface area contributed by atoms with E-state index in [9.17, 15) is 14.9 Å². The highest BCUT2D eigenvalue weighted by Gasteiger charge is 2.17. The van der Waals surface area contributed by atoms with Gasteiger partial charge in [0, 0.05) is 12.6 Å². The first kappa shape index (κ1) is 12.7. The average Bonchev–Trinajstić information content (AvgIpc) is 2.43. The van der Waals surface area contributed by atoms with E-state index in [4.69, 9.17) is 0 Å². The Kier molecular flexibility index (Phi) is 3.51. The summed E-state index contributed by atoms with van der Waals surface area (Å²) < 4.78 is 0. The van der Waals surface area contributed by atoms with Crippen LogP contribution in [-0.2, 0) is 0 Å². The van der Waals surface area contributed by atoms with Gasteiger partial charge in [0.15, 0.2) is 0 Å². The summed E-state index contributed by atoms with van der Waals surface area (Å²) in [7, 11) is 0. The third-order valence-electron chi connectivity index (χ3n) is 2.53. The summed E-state index contributed by atoms with van der Waals surface area (Å²) in [4.78, 5) is 26.4. The van der Waals surface area contributed by atoms with Gasteiger partial charge in [-0.25, -0.2) is 4.98 Å². The lowest BCUT2D eigenvalue weighted by molar-refractivity contribution is -0.383. The zero-order chi connectivity index (χ0) is 13.8. The fourth-order valence-electron chi connectivity index (χ4n) is 1.68. The first-order chi connectivity index (χ1) is 9.13. The van der Waals surface area contributed by atoms with Crippen molar-refractivity contribution in [3.05, 3.63) is 58.8 Å². The van der Waals surface area contributed by atoms with Crippen molar-refractivity contribution in [1.82, 2.24) is 10.3 Å². The minimum absolute atomic E-state index is 0.0206. The van der Waals surface area contributed by atoms with Gasteiger partial charge in [-0.3, -0.25) is 14.9 Å². The molecule has 0 bridgehead atoms. The highest BCUT2D eigenvalue weighted by atomic mass is 16.6. The maximum absolute atomic E-state index is 11.8. The number of amides is 1. The van der Waals surface area contributed by atoms with Crippen molar-refractivity contribution in [1.29, 1.82) is 0 Å². The van der Waals surface area contributed by atoms with Gasteiger partial charge < -0.3 is 5.32 Å². The minimum atomic E-state index is -0.520. The SMILES string of the molecule is C=CCNC(=O)c1cc([N+](=O)[O-])c2ccccc2n1. The van der Waals surface area contributed by atoms with Gasteiger partial charge >= 0.3 is 0 Å². The molecule has 6 nitrogen and oxygen atoms in total. The van der Waals surface area contributed by atoms with E-state index >= 15 is 0 Å². The van der Waals surface area contributed by atoms with Crippen LogP contribution in [0.1, 0.15) is 10.5 Å². The highest BCUT2D eigenvalue weighted by molar-refractivity contribution is 5.98. The van der Waals surface area contributed by atoms with Crippen LogP contribution in [0.4, 0.5) is 5.69 Å². The number of aromatic nitrogens is 1. The fraction of sp³-hybridized carbons (Fsp3) is 0.0769. The van der Waals surface area contributed by atoms with Gasteiger partial charge in [-0.2, -0.15) is 0 Å². The number of pyridine rings is 1. The molecule has 0 unspecified atom stereocenters. The maximum atomic E-state index is 11.8. The largest absolute Gasteiger partial charge is 0.347 e. The molecule has 1 heterocycles. The third kappa shape index (κ3) is 2.57. The summed E-state index contributed by atoms with van der Waals surface area (Å²) in [5, 5.41) is 14.0. The van der Waals surface area contributed by atoms with Crippen molar-refractivity contribution in [2.24, 2.45) is 0 Å². The lowest BCUT2D eigenvalue weighted by atomic mass is 10.1. The van der Waals surface area contributed by atoms with Crippen molar-refractivity contribution in [3.8, 4) is 0 Å². The molecule has 0 fully saturated rings. The van der Waals surface area contributed by atoms with Crippen LogP contribution in [0.15, 0.2) is 43.0 Å². The van der Waals surface area contributed by atoms with Crippen molar-refractivity contribution in [2.75, 3.05) is 6.54 Å². The molecule has 0 aliphatic heterocycles. The Bertz CT molecular complexity index is 667. The van der Waals surface area contributed by atoms with Gasteiger partial charge in [0.25, 0.3) is 11.6 Å². The molecule has 2 aromatic rings. The number of hydrogen-bond donors (Lipinski definition) is 1. The van der Waals surface area contributed by atoms with E-state index in [0.29, 0.717) is 10.9 Å². The molecule has 19 heavy (non-hydrogen) atoms. The molecular formula is C13H11N3O3. The van der Waals surface area contributed by atoms with Crippen LogP contribution in [0.2, 0.25) is 0 Å². The van der Waals surface area contributed by atoms with E-state index in [1.54, 1.807) is 24.3 Å². The maximum Gasteiger partial charge on any atom is 0.281 e. The summed E-state index contributed by atoms with van der Waals surface area (Å²) in [6, 6.07) is 7.82. The Morgan fingerprint density at radius 3 is 2.89 bits per heavy atom. The predicted octanol–water partition coefficient (Wildman–Crippen LogP) is 2.06. The zero-order valence-electron chi connectivity index (χ0n) is 10.00. The normalized spacial score (nSPS) is 10.1. The summed E-state index contributed by atoms with van der Waals surface area (Å²) >= 11 is 0. The number of nitrogens with one attached hydrogen (secondary N) is 1. The van der Waals surface area contributed by atoms with E-state index < -0.39 is 10.8 Å². The highest BCUT2D eigenvalue weighted by Crippen LogP contribution is 2.24. The van der Waals surface area contributed by atoms with Crippen molar-refractivity contribution in [3.63, 3.8) is 0 Å². The monoisotopic (exact) mass is 257 g/mol. The van der Waals surface area contributed by atoms with Crippen LogP contribution in [0.25, 0.3) is 10.9 Å². The molecule has 1 aromatic heterocycles. The van der Waals surface area contributed by atoms with Crippen LogP contribution in [-0.4, -0.2) is 22.4 Å². The third-order valence-corrected chi connectivity index (χ3v) is 2.53. The molecule has 0 atom stereocenters. The second kappa shape index (κ2) is 5.26. The number of para-hydroxylation sites is 1. The van der Waals surface area contributed by atoms with Gasteiger partial charge in [0.05, 0.1) is 15.8 Å².